The van der Waals surface area contributed by atoms with Gasteiger partial charge >= 0.3 is 0 Å². The fourth-order valence-electron chi connectivity index (χ4n) is 1.62. The molecule has 3 heteroatoms. The maximum absolute atomic E-state index is 10.9. The minimum atomic E-state index is 0.0784. The normalized spacial score (nSPS) is 19.8. The minimum Gasteiger partial charge on any atom is -0.358 e. The summed E-state index contributed by atoms with van der Waals surface area (Å²) in [5, 5.41) is 5.93. The molecule has 0 aromatic carbocycles. The summed E-state index contributed by atoms with van der Waals surface area (Å²) < 4.78 is 0. The summed E-state index contributed by atoms with van der Waals surface area (Å²) in [4.78, 5) is 10.9. The molecule has 3 nitrogen and oxygen atoms in total. The first-order valence-electron chi connectivity index (χ1n) is 4.68. The molecule has 1 amide bonds. The van der Waals surface area contributed by atoms with Gasteiger partial charge in [0.1, 0.15) is 0 Å². The highest BCUT2D eigenvalue weighted by Gasteiger charge is 2.34. The molecule has 1 rings (SSSR count). The maximum Gasteiger partial charge on any atom is 0.233 e. The first-order valence-corrected chi connectivity index (χ1v) is 4.68. The molecule has 0 saturated heterocycles. The third-order valence-corrected chi connectivity index (χ3v) is 2.89. The molecular formula is C9H18N2O. The molecule has 1 aliphatic rings. The van der Waals surface area contributed by atoms with E-state index in [1.54, 1.807) is 7.05 Å². The average Bonchev–Trinajstić information content (AvgIpc) is 2.03. The van der Waals surface area contributed by atoms with Crippen LogP contribution in [0.5, 0.6) is 0 Å². The number of rotatable bonds is 4. The molecule has 0 heterocycles. The molecule has 0 aromatic heterocycles. The molecule has 0 aromatic rings. The van der Waals surface area contributed by atoms with Crippen LogP contribution >= 0.6 is 0 Å². The van der Waals surface area contributed by atoms with Crippen molar-refractivity contribution in [2.24, 2.45) is 0 Å². The number of carbonyl (C=O) groups is 1. The lowest BCUT2D eigenvalue weighted by Gasteiger charge is -2.42. The largest absolute Gasteiger partial charge is 0.358 e. The molecule has 1 fully saturated rings. The summed E-state index contributed by atoms with van der Waals surface area (Å²) in [6.07, 6.45) is 4.87. The molecule has 12 heavy (non-hydrogen) atoms. The Bertz CT molecular complexity index is 158. The molecule has 0 unspecified atom stereocenters. The predicted octanol–water partition coefficient (Wildman–Crippen LogP) is 0.655. The van der Waals surface area contributed by atoms with Crippen LogP contribution in [0, 0.1) is 0 Å². The van der Waals surface area contributed by atoms with Crippen LogP contribution in [-0.4, -0.2) is 25.0 Å². The lowest BCUT2D eigenvalue weighted by atomic mass is 9.75. The molecular weight excluding hydrogens is 152 g/mol. The number of hydrogen-bond acceptors (Lipinski definition) is 2. The van der Waals surface area contributed by atoms with E-state index in [9.17, 15) is 4.79 Å². The van der Waals surface area contributed by atoms with E-state index < -0.39 is 0 Å². The SMILES string of the molecule is CCC1(NCC(=O)NC)CCC1. The molecule has 0 aliphatic heterocycles. The van der Waals surface area contributed by atoms with Crippen LogP contribution in [0.25, 0.3) is 0 Å². The number of nitrogens with one attached hydrogen (secondary N) is 2. The van der Waals surface area contributed by atoms with Crippen LogP contribution in [0.2, 0.25) is 0 Å². The van der Waals surface area contributed by atoms with E-state index in [0.29, 0.717) is 6.54 Å². The van der Waals surface area contributed by atoms with E-state index in [0.717, 1.165) is 6.42 Å². The van der Waals surface area contributed by atoms with Crippen LogP contribution < -0.4 is 10.6 Å². The van der Waals surface area contributed by atoms with Gasteiger partial charge in [-0.3, -0.25) is 4.79 Å². The summed E-state index contributed by atoms with van der Waals surface area (Å²) >= 11 is 0. The van der Waals surface area contributed by atoms with Gasteiger partial charge in [-0.05, 0) is 25.7 Å². The topological polar surface area (TPSA) is 41.1 Å². The first kappa shape index (κ1) is 9.52. The summed E-state index contributed by atoms with van der Waals surface area (Å²) in [6, 6.07) is 0. The number of hydrogen-bond donors (Lipinski definition) is 2. The Balaban J connectivity index is 2.24. The smallest absolute Gasteiger partial charge is 0.233 e. The molecule has 0 spiro atoms. The lowest BCUT2D eigenvalue weighted by Crippen LogP contribution is -2.53. The summed E-state index contributed by atoms with van der Waals surface area (Å²) in [6.45, 7) is 2.64. The fraction of sp³-hybridized carbons (Fsp3) is 0.889. The van der Waals surface area contributed by atoms with Crippen molar-refractivity contribution in [3.05, 3.63) is 0 Å². The Kier molecular flexibility index (Phi) is 3.09. The number of carbonyl (C=O) groups excluding carboxylic acids is 1. The van der Waals surface area contributed by atoms with Gasteiger partial charge in [0.15, 0.2) is 0 Å². The second-order valence-electron chi connectivity index (χ2n) is 3.51. The summed E-state index contributed by atoms with van der Waals surface area (Å²) in [5.41, 5.74) is 0.284. The quantitative estimate of drug-likeness (QED) is 0.650. The van der Waals surface area contributed by atoms with E-state index in [1.807, 2.05) is 0 Å². The zero-order valence-corrected chi connectivity index (χ0v) is 7.94. The van der Waals surface area contributed by atoms with Crippen LogP contribution in [0.15, 0.2) is 0 Å². The second-order valence-corrected chi connectivity index (χ2v) is 3.51. The molecule has 70 valence electrons. The van der Waals surface area contributed by atoms with Gasteiger partial charge in [0.25, 0.3) is 0 Å². The molecule has 1 saturated carbocycles. The van der Waals surface area contributed by atoms with Gasteiger partial charge in [0.2, 0.25) is 5.91 Å². The summed E-state index contributed by atoms with van der Waals surface area (Å²) in [5.74, 6) is 0.0784. The van der Waals surface area contributed by atoms with E-state index in [-0.39, 0.29) is 11.4 Å². The van der Waals surface area contributed by atoms with E-state index in [1.165, 1.54) is 19.3 Å². The van der Waals surface area contributed by atoms with E-state index in [2.05, 4.69) is 17.6 Å². The Hall–Kier alpha value is -0.570. The van der Waals surface area contributed by atoms with E-state index >= 15 is 0 Å². The van der Waals surface area contributed by atoms with Crippen LogP contribution in [0.4, 0.5) is 0 Å². The van der Waals surface area contributed by atoms with Crippen molar-refractivity contribution in [2.75, 3.05) is 13.6 Å². The van der Waals surface area contributed by atoms with Gasteiger partial charge in [-0.15, -0.1) is 0 Å². The highest BCUT2D eigenvalue weighted by molar-refractivity contribution is 5.77. The second kappa shape index (κ2) is 3.90. The van der Waals surface area contributed by atoms with Gasteiger partial charge in [0, 0.05) is 12.6 Å². The van der Waals surface area contributed by atoms with E-state index in [4.69, 9.17) is 0 Å². The van der Waals surface area contributed by atoms with Crippen molar-refractivity contribution in [1.82, 2.24) is 10.6 Å². The minimum absolute atomic E-state index is 0.0784. The Morgan fingerprint density at radius 3 is 2.50 bits per heavy atom. The van der Waals surface area contributed by atoms with Crippen LogP contribution in [-0.2, 0) is 4.79 Å². The Morgan fingerprint density at radius 2 is 2.17 bits per heavy atom. The Morgan fingerprint density at radius 1 is 1.50 bits per heavy atom. The first-order chi connectivity index (χ1) is 5.72. The van der Waals surface area contributed by atoms with Crippen molar-refractivity contribution in [2.45, 2.75) is 38.1 Å². The molecule has 0 atom stereocenters. The third kappa shape index (κ3) is 1.97. The van der Waals surface area contributed by atoms with Crippen molar-refractivity contribution in [3.63, 3.8) is 0 Å². The van der Waals surface area contributed by atoms with Gasteiger partial charge in [-0.1, -0.05) is 6.92 Å². The summed E-state index contributed by atoms with van der Waals surface area (Å²) in [7, 11) is 1.67. The van der Waals surface area contributed by atoms with Crippen LogP contribution in [0.3, 0.4) is 0 Å². The van der Waals surface area contributed by atoms with Gasteiger partial charge in [-0.2, -0.15) is 0 Å². The van der Waals surface area contributed by atoms with Gasteiger partial charge < -0.3 is 10.6 Å². The molecule has 1 aliphatic carbocycles. The van der Waals surface area contributed by atoms with Crippen molar-refractivity contribution >= 4 is 5.91 Å². The van der Waals surface area contributed by atoms with Crippen LogP contribution in [0.1, 0.15) is 32.6 Å². The monoisotopic (exact) mass is 170 g/mol. The number of likely N-dealkylation sites (N-methyl/N-ethyl adjacent to an activating group) is 1. The van der Waals surface area contributed by atoms with Crippen molar-refractivity contribution < 1.29 is 4.79 Å². The standard InChI is InChI=1S/C9H18N2O/c1-3-9(5-4-6-9)11-7-8(12)10-2/h11H,3-7H2,1-2H3,(H,10,12). The highest BCUT2D eigenvalue weighted by Crippen LogP contribution is 2.34. The molecule has 2 N–H and O–H groups in total. The van der Waals surface area contributed by atoms with Crippen molar-refractivity contribution in [3.8, 4) is 0 Å². The van der Waals surface area contributed by atoms with Crippen molar-refractivity contribution in [1.29, 1.82) is 0 Å². The zero-order chi connectivity index (χ0) is 9.03. The Labute approximate surface area is 73.9 Å². The highest BCUT2D eigenvalue weighted by atomic mass is 16.1. The zero-order valence-electron chi connectivity index (χ0n) is 7.94. The third-order valence-electron chi connectivity index (χ3n) is 2.89. The maximum atomic E-state index is 10.9. The number of amides is 1. The fourth-order valence-corrected chi connectivity index (χ4v) is 1.62. The molecule has 0 radical (unpaired) electrons. The van der Waals surface area contributed by atoms with Gasteiger partial charge in [-0.25, -0.2) is 0 Å². The molecule has 0 bridgehead atoms. The lowest BCUT2D eigenvalue weighted by molar-refractivity contribution is -0.120. The predicted molar refractivity (Wildman–Crippen MR) is 48.9 cm³/mol. The average molecular weight is 170 g/mol. The van der Waals surface area contributed by atoms with Gasteiger partial charge in [0.05, 0.1) is 6.54 Å².